The number of Topliss-reactive ketones (excluding diaryl/α,β-unsaturated/α-hetero) is 1. The van der Waals surface area contributed by atoms with Crippen LogP contribution in [-0.2, 0) is 0 Å². The van der Waals surface area contributed by atoms with Crippen molar-refractivity contribution in [2.75, 3.05) is 23.7 Å². The van der Waals surface area contributed by atoms with E-state index in [1.807, 2.05) is 13.8 Å². The summed E-state index contributed by atoms with van der Waals surface area (Å²) in [5.41, 5.74) is 6.67. The van der Waals surface area contributed by atoms with Gasteiger partial charge in [-0.1, -0.05) is 0 Å². The summed E-state index contributed by atoms with van der Waals surface area (Å²) >= 11 is 1.42. The Bertz CT molecular complexity index is 551. The average molecular weight is 310 g/mol. The first-order valence-electron chi connectivity index (χ1n) is 7.53. The SMILES string of the molecule is CC(C)Oc1c(N2CCC(O)C2)sc(C(=O)C2CC2)c1N. The molecule has 1 atom stereocenters. The summed E-state index contributed by atoms with van der Waals surface area (Å²) in [6.45, 7) is 5.24. The maximum absolute atomic E-state index is 12.4. The van der Waals surface area contributed by atoms with Gasteiger partial charge in [0.15, 0.2) is 11.5 Å². The molecular weight excluding hydrogens is 288 g/mol. The molecule has 5 nitrogen and oxygen atoms in total. The highest BCUT2D eigenvalue weighted by Crippen LogP contribution is 2.48. The van der Waals surface area contributed by atoms with Crippen molar-refractivity contribution < 1.29 is 14.6 Å². The Kier molecular flexibility index (Phi) is 3.84. The van der Waals surface area contributed by atoms with E-state index >= 15 is 0 Å². The monoisotopic (exact) mass is 310 g/mol. The maximum atomic E-state index is 12.4. The van der Waals surface area contributed by atoms with Crippen molar-refractivity contribution >= 4 is 27.8 Å². The number of hydrogen-bond acceptors (Lipinski definition) is 6. The molecule has 21 heavy (non-hydrogen) atoms. The van der Waals surface area contributed by atoms with E-state index in [2.05, 4.69) is 4.90 Å². The topological polar surface area (TPSA) is 75.8 Å². The molecule has 3 rings (SSSR count). The number of thiophene rings is 1. The molecule has 1 aliphatic heterocycles. The zero-order valence-corrected chi connectivity index (χ0v) is 13.3. The fourth-order valence-corrected chi connectivity index (χ4v) is 3.82. The third-order valence-electron chi connectivity index (χ3n) is 3.86. The van der Waals surface area contributed by atoms with Crippen molar-refractivity contribution in [3.8, 4) is 5.75 Å². The molecular formula is C15H22N2O3S. The lowest BCUT2D eigenvalue weighted by atomic mass is 10.2. The number of anilines is 2. The highest BCUT2D eigenvalue weighted by molar-refractivity contribution is 7.19. The minimum Gasteiger partial charge on any atom is -0.486 e. The third-order valence-corrected chi connectivity index (χ3v) is 5.12. The second kappa shape index (κ2) is 5.50. The number of rotatable bonds is 5. The van der Waals surface area contributed by atoms with Crippen LogP contribution in [0.5, 0.6) is 5.75 Å². The fraction of sp³-hybridized carbons (Fsp3) is 0.667. The highest BCUT2D eigenvalue weighted by Gasteiger charge is 2.36. The van der Waals surface area contributed by atoms with E-state index in [1.54, 1.807) is 0 Å². The number of aliphatic hydroxyl groups is 1. The summed E-state index contributed by atoms with van der Waals surface area (Å²) in [6.07, 6.45) is 2.35. The number of carbonyl (C=O) groups is 1. The summed E-state index contributed by atoms with van der Waals surface area (Å²) in [4.78, 5) is 15.1. The van der Waals surface area contributed by atoms with Crippen LogP contribution < -0.4 is 15.4 Å². The van der Waals surface area contributed by atoms with Gasteiger partial charge in [0.1, 0.15) is 5.00 Å². The van der Waals surface area contributed by atoms with Gasteiger partial charge in [0.2, 0.25) is 0 Å². The summed E-state index contributed by atoms with van der Waals surface area (Å²) in [6, 6.07) is 0. The van der Waals surface area contributed by atoms with Gasteiger partial charge >= 0.3 is 0 Å². The van der Waals surface area contributed by atoms with Crippen molar-refractivity contribution in [3.05, 3.63) is 4.88 Å². The Labute approximate surface area is 128 Å². The summed E-state index contributed by atoms with van der Waals surface area (Å²) < 4.78 is 5.86. The summed E-state index contributed by atoms with van der Waals surface area (Å²) in [5.74, 6) is 0.917. The van der Waals surface area contributed by atoms with Crippen molar-refractivity contribution in [1.82, 2.24) is 0 Å². The first-order chi connectivity index (χ1) is 9.97. The number of nitrogen functional groups attached to an aromatic ring is 1. The Morgan fingerprint density at radius 3 is 2.67 bits per heavy atom. The lowest BCUT2D eigenvalue weighted by molar-refractivity contribution is 0.0972. The number of nitrogens with two attached hydrogens (primary N) is 1. The molecule has 0 bridgehead atoms. The maximum Gasteiger partial charge on any atom is 0.178 e. The van der Waals surface area contributed by atoms with Crippen LogP contribution in [0.3, 0.4) is 0 Å². The van der Waals surface area contributed by atoms with E-state index in [0.29, 0.717) is 22.9 Å². The zero-order chi connectivity index (χ0) is 15.1. The molecule has 1 aliphatic carbocycles. The van der Waals surface area contributed by atoms with Crippen molar-refractivity contribution in [1.29, 1.82) is 0 Å². The number of nitrogens with zero attached hydrogens (tertiary/aromatic N) is 1. The van der Waals surface area contributed by atoms with Gasteiger partial charge in [-0.25, -0.2) is 0 Å². The second-order valence-corrected chi connectivity index (χ2v) is 7.17. The van der Waals surface area contributed by atoms with Crippen molar-refractivity contribution in [3.63, 3.8) is 0 Å². The number of ether oxygens (including phenoxy) is 1. The van der Waals surface area contributed by atoms with Crippen LogP contribution in [0.15, 0.2) is 0 Å². The van der Waals surface area contributed by atoms with Gasteiger partial charge in [-0.3, -0.25) is 4.79 Å². The minimum atomic E-state index is -0.317. The molecule has 2 aliphatic rings. The molecule has 116 valence electrons. The van der Waals surface area contributed by atoms with Crippen LogP contribution in [0, 0.1) is 5.92 Å². The molecule has 0 radical (unpaired) electrons. The number of ketones is 1. The van der Waals surface area contributed by atoms with E-state index in [1.165, 1.54) is 11.3 Å². The predicted molar refractivity (Wildman–Crippen MR) is 84.4 cm³/mol. The molecule has 6 heteroatoms. The van der Waals surface area contributed by atoms with Crippen LogP contribution in [-0.4, -0.2) is 36.2 Å². The van der Waals surface area contributed by atoms with Gasteiger partial charge in [-0.15, -0.1) is 11.3 Å². The van der Waals surface area contributed by atoms with Crippen molar-refractivity contribution in [2.24, 2.45) is 5.92 Å². The molecule has 0 aromatic carbocycles. The molecule has 0 amide bonds. The Morgan fingerprint density at radius 2 is 2.14 bits per heavy atom. The number of aliphatic hydroxyl groups excluding tert-OH is 1. The molecule has 2 heterocycles. The second-order valence-electron chi connectivity index (χ2n) is 6.17. The minimum absolute atomic E-state index is 0.00273. The predicted octanol–water partition coefficient (Wildman–Crippen LogP) is 2.28. The normalized spacial score (nSPS) is 22.1. The smallest absolute Gasteiger partial charge is 0.178 e. The molecule has 1 unspecified atom stereocenters. The van der Waals surface area contributed by atoms with E-state index in [0.717, 1.165) is 30.8 Å². The van der Waals surface area contributed by atoms with Gasteiger partial charge in [0, 0.05) is 19.0 Å². The van der Waals surface area contributed by atoms with Gasteiger partial charge < -0.3 is 20.5 Å². The molecule has 1 aromatic rings. The highest BCUT2D eigenvalue weighted by atomic mass is 32.1. The summed E-state index contributed by atoms with van der Waals surface area (Å²) in [5, 5.41) is 10.6. The van der Waals surface area contributed by atoms with Gasteiger partial charge in [0.05, 0.1) is 22.8 Å². The Morgan fingerprint density at radius 1 is 1.43 bits per heavy atom. The lowest BCUT2D eigenvalue weighted by Crippen LogP contribution is -2.21. The molecule has 1 saturated heterocycles. The van der Waals surface area contributed by atoms with Crippen LogP contribution in [0.25, 0.3) is 0 Å². The number of hydrogen-bond donors (Lipinski definition) is 2. The first-order valence-corrected chi connectivity index (χ1v) is 8.35. The number of carbonyl (C=O) groups excluding carboxylic acids is 1. The van der Waals surface area contributed by atoms with E-state index in [-0.39, 0.29) is 23.9 Å². The van der Waals surface area contributed by atoms with Crippen LogP contribution in [0.1, 0.15) is 42.8 Å². The Hall–Kier alpha value is -1.27. The van der Waals surface area contributed by atoms with Crippen LogP contribution in [0.4, 0.5) is 10.7 Å². The largest absolute Gasteiger partial charge is 0.486 e. The number of β-amino-alcohol motifs (C(OH)–C–C–N with tert-alkyl or cyclic N) is 1. The molecule has 1 saturated carbocycles. The molecule has 2 fully saturated rings. The third kappa shape index (κ3) is 2.87. The van der Waals surface area contributed by atoms with Crippen LogP contribution in [0.2, 0.25) is 0 Å². The molecule has 3 N–H and O–H groups in total. The summed E-state index contributed by atoms with van der Waals surface area (Å²) in [7, 11) is 0. The Balaban J connectivity index is 1.95. The molecule has 0 spiro atoms. The van der Waals surface area contributed by atoms with Gasteiger partial charge in [-0.2, -0.15) is 0 Å². The van der Waals surface area contributed by atoms with E-state index in [4.69, 9.17) is 10.5 Å². The first kappa shape index (κ1) is 14.7. The average Bonchev–Trinajstić information content (AvgIpc) is 3.12. The lowest BCUT2D eigenvalue weighted by Gasteiger charge is -2.19. The van der Waals surface area contributed by atoms with Crippen LogP contribution >= 0.6 is 11.3 Å². The van der Waals surface area contributed by atoms with E-state index < -0.39 is 0 Å². The zero-order valence-electron chi connectivity index (χ0n) is 12.5. The van der Waals surface area contributed by atoms with Gasteiger partial charge in [0.25, 0.3) is 0 Å². The van der Waals surface area contributed by atoms with Gasteiger partial charge in [-0.05, 0) is 33.1 Å². The fourth-order valence-electron chi connectivity index (χ4n) is 2.61. The van der Waals surface area contributed by atoms with Crippen molar-refractivity contribution in [2.45, 2.75) is 45.3 Å². The molecule has 1 aromatic heterocycles. The van der Waals surface area contributed by atoms with E-state index in [9.17, 15) is 9.90 Å². The standard InChI is InChI=1S/C15H22N2O3S/c1-8(2)20-13-11(16)14(12(19)9-3-4-9)21-15(13)17-6-5-10(18)7-17/h8-10,18H,3-7,16H2,1-2H3. The quantitative estimate of drug-likeness (QED) is 0.816.